The number of carbonyl (C=O) groups excluding carboxylic acids is 6. The molecule has 0 atom stereocenters. The molecule has 0 bridgehead atoms. The fourth-order valence-electron chi connectivity index (χ4n) is 8.05. The maximum absolute atomic E-state index is 14.8. The lowest BCUT2D eigenvalue weighted by Gasteiger charge is -2.32. The number of primary amides is 1. The van der Waals surface area contributed by atoms with E-state index in [1.54, 1.807) is 0 Å². The van der Waals surface area contributed by atoms with E-state index >= 15 is 0 Å². The molecule has 6 amide bonds. The maximum atomic E-state index is 14.8. The summed E-state index contributed by atoms with van der Waals surface area (Å²) in [6.45, 7) is 1.24. The Morgan fingerprint density at radius 3 is 1.07 bits per heavy atom. The Labute approximate surface area is 444 Å². The molecule has 11 N–H and O–H groups in total. The molecule has 0 saturated heterocycles. The van der Waals surface area contributed by atoms with Crippen LogP contribution in [0, 0.1) is 0 Å². The highest BCUT2D eigenvalue weighted by atomic mass is 16.2. The minimum atomic E-state index is -0.714. The number of unbranched alkanes of at least 4 members (excludes halogenated alkanes) is 4. The molecule has 0 fully saturated rings. The van der Waals surface area contributed by atoms with Gasteiger partial charge in [-0.15, -0.1) is 0 Å². The summed E-state index contributed by atoms with van der Waals surface area (Å²) in [5.74, 6) is -2.92. The predicted octanol–water partition coefficient (Wildman–Crippen LogP) is 3.90. The van der Waals surface area contributed by atoms with Gasteiger partial charge in [0.25, 0.3) is 0 Å². The standard InChI is InChI=1S/C58H81N11O6/c59-31-7-11-35-64-39-54(71)65(36-12-8-32-60)43-55(72)66(37-13-9-33-61)45-58(75)69(41-52-29-25-50(26-30-52)22-20-48-17-5-2-6-18-48)46-56(73)67(38-14-10-34-62)44-57(74)68(42-53(63)70)40-51-27-23-49(24-28-51)21-19-47-15-3-1-4-16-47/h1-6,15-30,64H,7-14,31-46,59-62H2,(H2,63,70)/b21-19+,22-20+. The van der Waals surface area contributed by atoms with Gasteiger partial charge < -0.3 is 58.5 Å². The average Bonchev–Trinajstić information content (AvgIpc) is 3.41. The van der Waals surface area contributed by atoms with Crippen LogP contribution in [0.1, 0.15) is 84.7 Å². The van der Waals surface area contributed by atoms with Crippen LogP contribution < -0.4 is 34.0 Å². The Balaban J connectivity index is 1.61. The minimum absolute atomic E-state index is 0.00648. The van der Waals surface area contributed by atoms with Crippen LogP contribution in [0.4, 0.5) is 0 Å². The summed E-state index contributed by atoms with van der Waals surface area (Å²) < 4.78 is 0. The van der Waals surface area contributed by atoms with Gasteiger partial charge in [-0.25, -0.2) is 0 Å². The van der Waals surface area contributed by atoms with Gasteiger partial charge in [-0.05, 0) is 117 Å². The molecule has 0 unspecified atom stereocenters. The highest BCUT2D eigenvalue weighted by Crippen LogP contribution is 2.16. The van der Waals surface area contributed by atoms with Crippen molar-refractivity contribution in [2.75, 3.05) is 91.6 Å². The molecule has 4 rings (SSSR count). The van der Waals surface area contributed by atoms with Crippen LogP contribution in [0.3, 0.4) is 0 Å². The fraction of sp³-hybridized carbons (Fsp3) is 0.414. The van der Waals surface area contributed by atoms with Gasteiger partial charge in [-0.3, -0.25) is 28.8 Å². The van der Waals surface area contributed by atoms with Crippen molar-refractivity contribution in [3.8, 4) is 0 Å². The molecule has 17 heteroatoms. The van der Waals surface area contributed by atoms with Gasteiger partial charge >= 0.3 is 0 Å². The monoisotopic (exact) mass is 1030 g/mol. The van der Waals surface area contributed by atoms with Crippen LogP contribution in [-0.2, 0) is 41.9 Å². The number of nitrogens with one attached hydrogen (secondary N) is 1. The highest BCUT2D eigenvalue weighted by Gasteiger charge is 2.29. The normalized spacial score (nSPS) is 11.2. The lowest BCUT2D eigenvalue weighted by Crippen LogP contribution is -2.51. The van der Waals surface area contributed by atoms with Gasteiger partial charge in [0, 0.05) is 32.7 Å². The van der Waals surface area contributed by atoms with E-state index < -0.39 is 42.6 Å². The Morgan fingerprint density at radius 2 is 0.693 bits per heavy atom. The van der Waals surface area contributed by atoms with E-state index in [-0.39, 0.29) is 58.3 Å². The zero-order valence-corrected chi connectivity index (χ0v) is 43.7. The van der Waals surface area contributed by atoms with Gasteiger partial charge in [0.15, 0.2) is 0 Å². The van der Waals surface area contributed by atoms with Gasteiger partial charge in [0.05, 0.1) is 32.7 Å². The van der Waals surface area contributed by atoms with Crippen LogP contribution in [0.5, 0.6) is 0 Å². The van der Waals surface area contributed by atoms with E-state index in [1.165, 1.54) is 24.5 Å². The van der Waals surface area contributed by atoms with E-state index in [0.29, 0.717) is 77.8 Å². The van der Waals surface area contributed by atoms with Crippen molar-refractivity contribution in [3.63, 3.8) is 0 Å². The summed E-state index contributed by atoms with van der Waals surface area (Å²) in [6, 6.07) is 35.0. The number of hydrogen-bond donors (Lipinski definition) is 6. The van der Waals surface area contributed by atoms with Crippen molar-refractivity contribution in [3.05, 3.63) is 143 Å². The van der Waals surface area contributed by atoms with E-state index in [2.05, 4.69) is 5.32 Å². The fourth-order valence-corrected chi connectivity index (χ4v) is 8.05. The van der Waals surface area contributed by atoms with E-state index in [1.807, 2.05) is 133 Å². The number of benzene rings is 4. The first-order valence-electron chi connectivity index (χ1n) is 26.2. The summed E-state index contributed by atoms with van der Waals surface area (Å²) >= 11 is 0. The summed E-state index contributed by atoms with van der Waals surface area (Å²) in [4.78, 5) is 90.8. The van der Waals surface area contributed by atoms with Gasteiger partial charge in [-0.2, -0.15) is 0 Å². The SMILES string of the molecule is NCCCCNCC(=O)N(CCCCN)CC(=O)N(CCCCN)CC(=O)N(CC(=O)N(CCCCN)CC(=O)N(CC(N)=O)Cc1ccc(/C=C/c2ccccc2)cc1)Cc1ccc(/C=C/c2ccccc2)cc1. The number of hydrogen-bond acceptors (Lipinski definition) is 11. The number of carbonyl (C=O) groups is 6. The summed E-state index contributed by atoms with van der Waals surface area (Å²) in [5, 5.41) is 3.15. The van der Waals surface area contributed by atoms with Crippen LogP contribution in [0.2, 0.25) is 0 Å². The van der Waals surface area contributed by atoms with Crippen LogP contribution in [0.15, 0.2) is 109 Å². The topological polar surface area (TPSA) is 261 Å². The third-order valence-corrected chi connectivity index (χ3v) is 12.4. The number of nitrogens with two attached hydrogens (primary N) is 5. The van der Waals surface area contributed by atoms with E-state index in [4.69, 9.17) is 28.7 Å². The van der Waals surface area contributed by atoms with Crippen LogP contribution in [0.25, 0.3) is 24.3 Å². The van der Waals surface area contributed by atoms with Crippen LogP contribution >= 0.6 is 0 Å². The molecular weight excluding hydrogens is 947 g/mol. The third kappa shape index (κ3) is 23.8. The zero-order chi connectivity index (χ0) is 54.0. The molecule has 0 aromatic heterocycles. The molecular formula is C58H81N11O6. The molecule has 0 aliphatic rings. The number of rotatable bonds is 36. The second-order valence-corrected chi connectivity index (χ2v) is 18.5. The van der Waals surface area contributed by atoms with Crippen molar-refractivity contribution >= 4 is 59.7 Å². The lowest BCUT2D eigenvalue weighted by atomic mass is 10.1. The van der Waals surface area contributed by atoms with Crippen molar-refractivity contribution in [2.24, 2.45) is 28.7 Å². The van der Waals surface area contributed by atoms with Crippen molar-refractivity contribution in [1.29, 1.82) is 0 Å². The van der Waals surface area contributed by atoms with Crippen LogP contribution in [-0.4, -0.2) is 152 Å². The molecule has 0 aliphatic carbocycles. The molecule has 404 valence electrons. The number of nitrogens with zero attached hydrogens (tertiary/aromatic N) is 5. The molecule has 0 heterocycles. The Bertz CT molecular complexity index is 2380. The number of amides is 6. The zero-order valence-electron chi connectivity index (χ0n) is 43.7. The minimum Gasteiger partial charge on any atom is -0.368 e. The van der Waals surface area contributed by atoms with Gasteiger partial charge in [0.1, 0.15) is 6.54 Å². The first-order chi connectivity index (χ1) is 36.4. The van der Waals surface area contributed by atoms with Crippen molar-refractivity contribution in [2.45, 2.75) is 64.5 Å². The molecule has 0 radical (unpaired) electrons. The van der Waals surface area contributed by atoms with Crippen molar-refractivity contribution < 1.29 is 28.8 Å². The second-order valence-electron chi connectivity index (χ2n) is 18.5. The van der Waals surface area contributed by atoms with E-state index in [0.717, 1.165) is 46.2 Å². The molecule has 0 aliphatic heterocycles. The first-order valence-corrected chi connectivity index (χ1v) is 26.2. The molecule has 4 aromatic rings. The molecule has 17 nitrogen and oxygen atoms in total. The summed E-state index contributed by atoms with van der Waals surface area (Å²) in [6.07, 6.45) is 13.0. The predicted molar refractivity (Wildman–Crippen MR) is 299 cm³/mol. The lowest BCUT2D eigenvalue weighted by molar-refractivity contribution is -0.147. The quantitative estimate of drug-likeness (QED) is 0.0281. The largest absolute Gasteiger partial charge is 0.368 e. The Morgan fingerprint density at radius 1 is 0.373 bits per heavy atom. The van der Waals surface area contributed by atoms with E-state index in [9.17, 15) is 28.8 Å². The van der Waals surface area contributed by atoms with Gasteiger partial charge in [-0.1, -0.05) is 133 Å². The first kappa shape index (κ1) is 60.5. The maximum Gasteiger partial charge on any atom is 0.242 e. The molecule has 0 saturated carbocycles. The summed E-state index contributed by atoms with van der Waals surface area (Å²) in [5.41, 5.74) is 34.3. The Hall–Kier alpha value is -7.02. The Kier molecular flexibility index (Phi) is 28.4. The smallest absolute Gasteiger partial charge is 0.242 e. The van der Waals surface area contributed by atoms with Gasteiger partial charge in [0.2, 0.25) is 35.4 Å². The summed E-state index contributed by atoms with van der Waals surface area (Å²) in [7, 11) is 0. The second kappa shape index (κ2) is 35.2. The average molecular weight is 1030 g/mol. The molecule has 75 heavy (non-hydrogen) atoms. The van der Waals surface area contributed by atoms with Crippen molar-refractivity contribution in [1.82, 2.24) is 29.8 Å². The molecule has 4 aromatic carbocycles. The molecule has 0 spiro atoms. The third-order valence-electron chi connectivity index (χ3n) is 12.4. The highest BCUT2D eigenvalue weighted by molar-refractivity contribution is 5.92.